The van der Waals surface area contributed by atoms with Gasteiger partial charge in [-0.25, -0.2) is 4.79 Å². The Labute approximate surface area is 92.5 Å². The van der Waals surface area contributed by atoms with Gasteiger partial charge in [0.15, 0.2) is 0 Å². The molecule has 1 aromatic rings. The average molecular weight is 223 g/mol. The molecule has 15 heavy (non-hydrogen) atoms. The maximum Gasteiger partial charge on any atom is 0.341 e. The number of carbonyl (C=O) groups excluding carboxylic acids is 1. The molecule has 0 unspecified atom stereocenters. The zero-order valence-electron chi connectivity index (χ0n) is 8.02. The summed E-state index contributed by atoms with van der Waals surface area (Å²) in [6, 6.07) is 4.60. The van der Waals surface area contributed by atoms with E-state index in [1.165, 1.54) is 12.1 Å². The first kappa shape index (κ1) is 11.4. The van der Waals surface area contributed by atoms with Crippen LogP contribution in [0.3, 0.4) is 0 Å². The molecule has 0 fully saturated rings. The van der Waals surface area contributed by atoms with Crippen LogP contribution in [0.15, 0.2) is 17.0 Å². The molecule has 1 aromatic carbocycles. The minimum Gasteiger partial charge on any atom is -0.506 e. The highest BCUT2D eigenvalue weighted by Gasteiger charge is 2.16. The molecule has 0 atom stereocenters. The van der Waals surface area contributed by atoms with E-state index in [-0.39, 0.29) is 28.4 Å². The van der Waals surface area contributed by atoms with Crippen LogP contribution in [0.1, 0.15) is 22.8 Å². The zero-order chi connectivity index (χ0) is 11.4. The summed E-state index contributed by atoms with van der Waals surface area (Å²) in [6.45, 7) is 1.89. The Morgan fingerprint density at radius 1 is 1.67 bits per heavy atom. The van der Waals surface area contributed by atoms with Crippen molar-refractivity contribution < 1.29 is 14.6 Å². The summed E-state index contributed by atoms with van der Waals surface area (Å²) >= 11 is 3.94. The molecule has 4 nitrogen and oxygen atoms in total. The molecule has 5 heteroatoms. The van der Waals surface area contributed by atoms with E-state index in [0.717, 1.165) is 0 Å². The molecule has 78 valence electrons. The number of hydrogen-bond donors (Lipinski definition) is 2. The van der Waals surface area contributed by atoms with Gasteiger partial charge in [-0.15, -0.1) is 12.6 Å². The topological polar surface area (TPSA) is 70.3 Å². The highest BCUT2D eigenvalue weighted by Crippen LogP contribution is 2.29. The molecule has 1 rings (SSSR count). The maximum absolute atomic E-state index is 11.3. The van der Waals surface area contributed by atoms with Crippen molar-refractivity contribution in [1.29, 1.82) is 5.26 Å². The number of nitrogens with zero attached hydrogens (tertiary/aromatic N) is 1. The van der Waals surface area contributed by atoms with Crippen LogP contribution >= 0.6 is 12.6 Å². The van der Waals surface area contributed by atoms with Gasteiger partial charge in [-0.2, -0.15) is 5.26 Å². The van der Waals surface area contributed by atoms with E-state index in [1.54, 1.807) is 6.92 Å². The second kappa shape index (κ2) is 4.71. The molecule has 0 bridgehead atoms. The van der Waals surface area contributed by atoms with Crippen molar-refractivity contribution in [1.82, 2.24) is 0 Å². The summed E-state index contributed by atoms with van der Waals surface area (Å²) in [7, 11) is 0. The van der Waals surface area contributed by atoms with Crippen molar-refractivity contribution in [3.8, 4) is 11.8 Å². The third kappa shape index (κ3) is 2.22. The molecular weight excluding hydrogens is 214 g/mol. The van der Waals surface area contributed by atoms with Crippen LogP contribution in [-0.4, -0.2) is 17.7 Å². The number of carbonyl (C=O) groups is 1. The Morgan fingerprint density at radius 3 is 2.87 bits per heavy atom. The number of rotatable bonds is 2. The van der Waals surface area contributed by atoms with Crippen molar-refractivity contribution >= 4 is 18.6 Å². The normalized spacial score (nSPS) is 9.40. The summed E-state index contributed by atoms with van der Waals surface area (Å²) in [5.74, 6) is -0.953. The number of hydrogen-bond acceptors (Lipinski definition) is 5. The number of nitriles is 1. The van der Waals surface area contributed by atoms with Crippen LogP contribution in [0.4, 0.5) is 0 Å². The number of ether oxygens (including phenoxy) is 1. The Bertz CT molecular complexity index is 437. The van der Waals surface area contributed by atoms with Gasteiger partial charge in [0, 0.05) is 0 Å². The lowest BCUT2D eigenvalue weighted by atomic mass is 10.1. The van der Waals surface area contributed by atoms with Crippen molar-refractivity contribution in [2.24, 2.45) is 0 Å². The van der Waals surface area contributed by atoms with Crippen LogP contribution < -0.4 is 0 Å². The number of benzene rings is 1. The second-order valence-corrected chi connectivity index (χ2v) is 3.14. The third-order valence-electron chi connectivity index (χ3n) is 1.77. The molecule has 0 saturated heterocycles. The molecule has 0 amide bonds. The predicted molar refractivity (Wildman–Crippen MR) is 56.0 cm³/mol. The highest BCUT2D eigenvalue weighted by atomic mass is 32.1. The molecule has 1 N–H and O–H groups in total. The van der Waals surface area contributed by atoms with Crippen LogP contribution in [-0.2, 0) is 4.74 Å². The van der Waals surface area contributed by atoms with Crippen molar-refractivity contribution in [3.63, 3.8) is 0 Å². The van der Waals surface area contributed by atoms with Gasteiger partial charge in [-0.1, -0.05) is 0 Å². The Morgan fingerprint density at radius 2 is 2.33 bits per heavy atom. The molecule has 0 radical (unpaired) electrons. The lowest BCUT2D eigenvalue weighted by Gasteiger charge is -2.06. The molecular formula is C10H9NO3S. The first-order chi connectivity index (χ1) is 7.11. The van der Waals surface area contributed by atoms with Gasteiger partial charge in [0.25, 0.3) is 0 Å². The summed E-state index contributed by atoms with van der Waals surface area (Å²) < 4.78 is 4.72. The molecule has 0 spiro atoms. The smallest absolute Gasteiger partial charge is 0.341 e. The molecule has 0 aliphatic heterocycles. The highest BCUT2D eigenvalue weighted by molar-refractivity contribution is 7.80. The van der Waals surface area contributed by atoms with Gasteiger partial charge in [0.1, 0.15) is 17.4 Å². The van der Waals surface area contributed by atoms with E-state index >= 15 is 0 Å². The number of esters is 1. The molecule has 0 aromatic heterocycles. The minimum atomic E-state index is -0.630. The number of thiol groups is 1. The summed E-state index contributed by atoms with van der Waals surface area (Å²) in [6.07, 6.45) is 0. The van der Waals surface area contributed by atoms with Crippen LogP contribution in [0.2, 0.25) is 0 Å². The van der Waals surface area contributed by atoms with Gasteiger partial charge < -0.3 is 9.84 Å². The summed E-state index contributed by atoms with van der Waals surface area (Å²) in [5, 5.41) is 18.2. The standard InChI is InChI=1S/C10H9NO3S/c1-2-14-10(13)7-4-3-6(5-11)9(15)8(7)12/h3-4,12,15H,2H2,1H3. The zero-order valence-corrected chi connectivity index (χ0v) is 8.91. The molecule has 0 saturated carbocycles. The first-order valence-corrected chi connectivity index (χ1v) is 4.68. The summed E-state index contributed by atoms with van der Waals surface area (Å²) in [5.41, 5.74) is 0.227. The van der Waals surface area contributed by atoms with E-state index in [1.807, 2.05) is 6.07 Å². The summed E-state index contributed by atoms with van der Waals surface area (Å²) in [4.78, 5) is 11.4. The third-order valence-corrected chi connectivity index (χ3v) is 2.22. The average Bonchev–Trinajstić information content (AvgIpc) is 2.22. The maximum atomic E-state index is 11.3. The number of aromatic hydroxyl groups is 1. The van der Waals surface area contributed by atoms with Crippen molar-refractivity contribution in [3.05, 3.63) is 23.3 Å². The van der Waals surface area contributed by atoms with E-state index in [2.05, 4.69) is 12.6 Å². The van der Waals surface area contributed by atoms with Crippen molar-refractivity contribution in [2.45, 2.75) is 11.8 Å². The molecule has 0 heterocycles. The lowest BCUT2D eigenvalue weighted by molar-refractivity contribution is 0.0522. The van der Waals surface area contributed by atoms with Gasteiger partial charge >= 0.3 is 5.97 Å². The lowest BCUT2D eigenvalue weighted by Crippen LogP contribution is -2.05. The van der Waals surface area contributed by atoms with Crippen LogP contribution in [0.5, 0.6) is 5.75 Å². The number of phenolic OH excluding ortho intramolecular Hbond substituents is 1. The van der Waals surface area contributed by atoms with E-state index in [0.29, 0.717) is 0 Å². The fourth-order valence-electron chi connectivity index (χ4n) is 1.04. The van der Waals surface area contributed by atoms with Crippen LogP contribution in [0, 0.1) is 11.3 Å². The van der Waals surface area contributed by atoms with Gasteiger partial charge in [-0.3, -0.25) is 0 Å². The van der Waals surface area contributed by atoms with E-state index in [4.69, 9.17) is 10.00 Å². The second-order valence-electron chi connectivity index (χ2n) is 2.69. The number of phenols is 1. The largest absolute Gasteiger partial charge is 0.506 e. The van der Waals surface area contributed by atoms with Gasteiger partial charge in [0.2, 0.25) is 0 Å². The Kier molecular flexibility index (Phi) is 3.58. The van der Waals surface area contributed by atoms with Gasteiger partial charge in [-0.05, 0) is 19.1 Å². The monoisotopic (exact) mass is 223 g/mol. The van der Waals surface area contributed by atoms with Crippen LogP contribution in [0.25, 0.3) is 0 Å². The van der Waals surface area contributed by atoms with Gasteiger partial charge in [0.05, 0.1) is 17.1 Å². The first-order valence-electron chi connectivity index (χ1n) is 4.24. The fraction of sp³-hybridized carbons (Fsp3) is 0.200. The molecule has 0 aliphatic rings. The quantitative estimate of drug-likeness (QED) is 0.591. The van der Waals surface area contributed by atoms with E-state index < -0.39 is 5.97 Å². The van der Waals surface area contributed by atoms with Crippen molar-refractivity contribution in [2.75, 3.05) is 6.61 Å². The van der Waals surface area contributed by atoms with E-state index in [9.17, 15) is 9.90 Å². The molecule has 0 aliphatic carbocycles. The fourth-order valence-corrected chi connectivity index (χ4v) is 1.29. The predicted octanol–water partition coefficient (Wildman–Crippen LogP) is 1.73. The SMILES string of the molecule is CCOC(=O)c1ccc(C#N)c(S)c1O. The minimum absolute atomic E-state index is 0.0147. The Hall–Kier alpha value is -1.67. The Balaban J connectivity index is 3.19.